The molecule has 19 heavy (non-hydrogen) atoms. The molecule has 0 fully saturated rings. The zero-order valence-electron chi connectivity index (χ0n) is 11.9. The molecule has 0 amide bonds. The molecule has 1 aromatic carbocycles. The van der Waals surface area contributed by atoms with Crippen LogP contribution in [-0.2, 0) is 5.41 Å². The lowest BCUT2D eigenvalue weighted by molar-refractivity contribution is 0.453. The van der Waals surface area contributed by atoms with Crippen LogP contribution in [0.4, 0.5) is 5.69 Å². The summed E-state index contributed by atoms with van der Waals surface area (Å²) in [6, 6.07) is 8.04. The Kier molecular flexibility index (Phi) is 3.47. The summed E-state index contributed by atoms with van der Waals surface area (Å²) in [6.45, 7) is 8.56. The van der Waals surface area contributed by atoms with Gasteiger partial charge in [0.05, 0.1) is 18.1 Å². The average Bonchev–Trinajstić information content (AvgIpc) is 2.27. The van der Waals surface area contributed by atoms with Crippen LogP contribution in [0, 0.1) is 6.92 Å². The predicted octanol–water partition coefficient (Wildman–Crippen LogP) is 4.06. The monoisotopic (exact) mass is 256 g/mol. The normalized spacial score (nSPS) is 11.4. The maximum absolute atomic E-state index is 5.96. The molecule has 2 rings (SSSR count). The van der Waals surface area contributed by atoms with Gasteiger partial charge in [-0.3, -0.25) is 4.98 Å². The van der Waals surface area contributed by atoms with Crippen LogP contribution >= 0.6 is 0 Å². The number of hydrogen-bond acceptors (Lipinski definition) is 3. The van der Waals surface area contributed by atoms with Crippen molar-refractivity contribution in [2.45, 2.75) is 33.1 Å². The van der Waals surface area contributed by atoms with Crippen molar-refractivity contribution in [3.8, 4) is 11.5 Å². The largest absolute Gasteiger partial charge is 0.455 e. The molecule has 1 heterocycles. The fraction of sp³-hybridized carbons (Fsp3) is 0.312. The Morgan fingerprint density at radius 3 is 2.47 bits per heavy atom. The standard InChI is InChI=1S/C16H20N2O/c1-11-5-6-14(16(2,3)4)15(7-11)19-13-8-12(17)9-18-10-13/h5-10H,17H2,1-4H3. The third-order valence-electron chi connectivity index (χ3n) is 2.91. The van der Waals surface area contributed by atoms with Crippen LogP contribution in [0.5, 0.6) is 11.5 Å². The molecule has 1 aromatic heterocycles. The van der Waals surface area contributed by atoms with E-state index >= 15 is 0 Å². The number of nitrogens with two attached hydrogens (primary N) is 1. The van der Waals surface area contributed by atoms with Crippen molar-refractivity contribution < 1.29 is 4.74 Å². The Labute approximate surface area is 114 Å². The van der Waals surface area contributed by atoms with Crippen LogP contribution in [0.2, 0.25) is 0 Å². The molecule has 0 unspecified atom stereocenters. The van der Waals surface area contributed by atoms with Gasteiger partial charge >= 0.3 is 0 Å². The van der Waals surface area contributed by atoms with Crippen molar-refractivity contribution >= 4 is 5.69 Å². The molecule has 0 atom stereocenters. The molecular weight excluding hydrogens is 236 g/mol. The fourth-order valence-corrected chi connectivity index (χ4v) is 1.95. The first-order valence-electron chi connectivity index (χ1n) is 6.36. The van der Waals surface area contributed by atoms with Crippen molar-refractivity contribution in [2.75, 3.05) is 5.73 Å². The Morgan fingerprint density at radius 2 is 1.84 bits per heavy atom. The number of anilines is 1. The lowest BCUT2D eigenvalue weighted by atomic mass is 9.86. The van der Waals surface area contributed by atoms with E-state index < -0.39 is 0 Å². The molecule has 100 valence electrons. The Bertz CT molecular complexity index is 586. The Hall–Kier alpha value is -2.03. The second-order valence-electron chi connectivity index (χ2n) is 5.81. The van der Waals surface area contributed by atoms with Gasteiger partial charge in [0, 0.05) is 11.6 Å². The molecule has 0 bridgehead atoms. The minimum absolute atomic E-state index is 0.0246. The van der Waals surface area contributed by atoms with E-state index in [9.17, 15) is 0 Å². The lowest BCUT2D eigenvalue weighted by Crippen LogP contribution is -2.12. The summed E-state index contributed by atoms with van der Waals surface area (Å²) in [7, 11) is 0. The zero-order chi connectivity index (χ0) is 14.0. The second-order valence-corrected chi connectivity index (χ2v) is 5.81. The van der Waals surface area contributed by atoms with Crippen LogP contribution in [0.15, 0.2) is 36.7 Å². The zero-order valence-corrected chi connectivity index (χ0v) is 11.9. The van der Waals surface area contributed by atoms with Gasteiger partial charge in [0.1, 0.15) is 11.5 Å². The predicted molar refractivity (Wildman–Crippen MR) is 78.6 cm³/mol. The molecule has 3 nitrogen and oxygen atoms in total. The first-order valence-corrected chi connectivity index (χ1v) is 6.36. The number of aromatic nitrogens is 1. The topological polar surface area (TPSA) is 48.1 Å². The molecule has 0 spiro atoms. The van der Waals surface area contributed by atoms with Crippen molar-refractivity contribution in [1.82, 2.24) is 4.98 Å². The lowest BCUT2D eigenvalue weighted by Gasteiger charge is -2.23. The maximum Gasteiger partial charge on any atom is 0.147 e. The van der Waals surface area contributed by atoms with Gasteiger partial charge < -0.3 is 10.5 Å². The third kappa shape index (κ3) is 3.25. The molecule has 0 saturated carbocycles. The molecule has 0 saturated heterocycles. The van der Waals surface area contributed by atoms with E-state index in [1.807, 2.05) is 6.07 Å². The van der Waals surface area contributed by atoms with E-state index in [4.69, 9.17) is 10.5 Å². The summed E-state index contributed by atoms with van der Waals surface area (Å²) >= 11 is 0. The molecular formula is C16H20N2O. The molecule has 2 N–H and O–H groups in total. The molecule has 0 radical (unpaired) electrons. The second kappa shape index (κ2) is 4.92. The van der Waals surface area contributed by atoms with Gasteiger partial charge in [0.25, 0.3) is 0 Å². The van der Waals surface area contributed by atoms with E-state index in [0.29, 0.717) is 11.4 Å². The van der Waals surface area contributed by atoms with E-state index in [0.717, 1.165) is 5.75 Å². The highest BCUT2D eigenvalue weighted by Gasteiger charge is 2.19. The molecule has 3 heteroatoms. The average molecular weight is 256 g/mol. The highest BCUT2D eigenvalue weighted by Crippen LogP contribution is 2.34. The number of hydrogen-bond donors (Lipinski definition) is 1. The summed E-state index contributed by atoms with van der Waals surface area (Å²) in [5.74, 6) is 1.52. The van der Waals surface area contributed by atoms with Gasteiger partial charge in [-0.1, -0.05) is 32.9 Å². The summed E-state index contributed by atoms with van der Waals surface area (Å²) in [5.41, 5.74) is 8.68. The van der Waals surface area contributed by atoms with Crippen LogP contribution in [0.25, 0.3) is 0 Å². The highest BCUT2D eigenvalue weighted by molar-refractivity contribution is 5.46. The van der Waals surface area contributed by atoms with Gasteiger partial charge in [-0.05, 0) is 24.0 Å². The van der Waals surface area contributed by atoms with Crippen molar-refractivity contribution in [3.63, 3.8) is 0 Å². The first-order chi connectivity index (χ1) is 8.86. The number of aryl methyl sites for hydroxylation is 1. The molecule has 0 aliphatic carbocycles. The van der Waals surface area contributed by atoms with Crippen LogP contribution < -0.4 is 10.5 Å². The number of nitrogen functional groups attached to an aromatic ring is 1. The fourth-order valence-electron chi connectivity index (χ4n) is 1.95. The number of ether oxygens (including phenoxy) is 1. The highest BCUT2D eigenvalue weighted by atomic mass is 16.5. The van der Waals surface area contributed by atoms with Gasteiger partial charge in [0.15, 0.2) is 0 Å². The van der Waals surface area contributed by atoms with Crippen molar-refractivity contribution in [3.05, 3.63) is 47.8 Å². The number of nitrogens with zero attached hydrogens (tertiary/aromatic N) is 1. The first kappa shape index (κ1) is 13.4. The summed E-state index contributed by atoms with van der Waals surface area (Å²) in [4.78, 5) is 4.04. The van der Waals surface area contributed by atoms with Gasteiger partial charge in [0.2, 0.25) is 0 Å². The van der Waals surface area contributed by atoms with E-state index in [-0.39, 0.29) is 5.41 Å². The summed E-state index contributed by atoms with van der Waals surface area (Å²) in [6.07, 6.45) is 3.28. The molecule has 2 aromatic rings. The SMILES string of the molecule is Cc1ccc(C(C)(C)C)c(Oc2cncc(N)c2)c1. The number of pyridine rings is 1. The Morgan fingerprint density at radius 1 is 1.11 bits per heavy atom. The summed E-state index contributed by atoms with van der Waals surface area (Å²) < 4.78 is 5.96. The van der Waals surface area contributed by atoms with Crippen molar-refractivity contribution in [2.24, 2.45) is 0 Å². The number of rotatable bonds is 2. The minimum atomic E-state index is 0.0246. The molecule has 0 aliphatic heterocycles. The van der Waals surface area contributed by atoms with Gasteiger partial charge in [-0.15, -0.1) is 0 Å². The molecule has 0 aliphatic rings. The third-order valence-corrected chi connectivity index (χ3v) is 2.91. The quantitative estimate of drug-likeness (QED) is 0.881. The van der Waals surface area contributed by atoms with Crippen molar-refractivity contribution in [1.29, 1.82) is 0 Å². The minimum Gasteiger partial charge on any atom is -0.455 e. The van der Waals surface area contributed by atoms with E-state index in [1.165, 1.54) is 11.1 Å². The van der Waals surface area contributed by atoms with Gasteiger partial charge in [-0.2, -0.15) is 0 Å². The summed E-state index contributed by atoms with van der Waals surface area (Å²) in [5, 5.41) is 0. The number of benzene rings is 1. The van der Waals surface area contributed by atoms with Crippen LogP contribution in [-0.4, -0.2) is 4.98 Å². The van der Waals surface area contributed by atoms with Crippen LogP contribution in [0.1, 0.15) is 31.9 Å². The Balaban J connectivity index is 2.41. The van der Waals surface area contributed by atoms with E-state index in [2.05, 4.69) is 44.8 Å². The smallest absolute Gasteiger partial charge is 0.147 e. The maximum atomic E-state index is 5.96. The van der Waals surface area contributed by atoms with Crippen LogP contribution in [0.3, 0.4) is 0 Å². The van der Waals surface area contributed by atoms with Gasteiger partial charge in [-0.25, -0.2) is 0 Å². The van der Waals surface area contributed by atoms with E-state index in [1.54, 1.807) is 18.5 Å².